The molecular formula is C24H23F4N5O. The number of nitrogens with zero attached hydrogens (tertiary/aromatic N) is 4. The van der Waals surface area contributed by atoms with Crippen LogP contribution in [0.15, 0.2) is 54.6 Å². The predicted molar refractivity (Wildman–Crippen MR) is 121 cm³/mol. The monoisotopic (exact) mass is 473 g/mol. The maximum absolute atomic E-state index is 13.5. The lowest BCUT2D eigenvalue weighted by Gasteiger charge is -2.35. The van der Waals surface area contributed by atoms with Gasteiger partial charge in [0, 0.05) is 37.4 Å². The van der Waals surface area contributed by atoms with Crippen LogP contribution in [0.2, 0.25) is 0 Å². The van der Waals surface area contributed by atoms with Gasteiger partial charge < -0.3 is 15.1 Å². The molecule has 10 heteroatoms. The summed E-state index contributed by atoms with van der Waals surface area (Å²) in [4.78, 5) is 16.0. The van der Waals surface area contributed by atoms with E-state index >= 15 is 0 Å². The number of aromatic nitrogens is 2. The third-order valence-electron chi connectivity index (χ3n) is 5.72. The van der Waals surface area contributed by atoms with Crippen LogP contribution in [0, 0.1) is 5.82 Å². The van der Waals surface area contributed by atoms with Crippen LogP contribution in [0.4, 0.5) is 33.9 Å². The van der Waals surface area contributed by atoms with E-state index in [0.717, 1.165) is 23.7 Å². The molecule has 0 bridgehead atoms. The summed E-state index contributed by atoms with van der Waals surface area (Å²) in [5.74, 6) is -0.702. The van der Waals surface area contributed by atoms with Crippen molar-refractivity contribution in [1.29, 1.82) is 0 Å². The number of piperazine rings is 1. The van der Waals surface area contributed by atoms with Gasteiger partial charge in [-0.05, 0) is 42.3 Å². The van der Waals surface area contributed by atoms with Gasteiger partial charge in [-0.3, -0.25) is 0 Å². The predicted octanol–water partition coefficient (Wildman–Crippen LogP) is 5.22. The standard InChI is InChI=1S/C24H23F4N5O/c1-2-16-3-5-17(6-4-16)21-9-10-22(31-30-21)32-11-13-33(14-12-32)23(34)29-18-7-8-20(25)19(15-18)24(26,27)28/h3-10,15H,2,11-14H2,1H3,(H,29,34). The lowest BCUT2D eigenvalue weighted by atomic mass is 10.1. The van der Waals surface area contributed by atoms with Gasteiger partial charge in [-0.2, -0.15) is 13.2 Å². The minimum Gasteiger partial charge on any atom is -0.352 e. The van der Waals surface area contributed by atoms with Crippen molar-refractivity contribution >= 4 is 17.5 Å². The summed E-state index contributed by atoms with van der Waals surface area (Å²) < 4.78 is 52.1. The van der Waals surface area contributed by atoms with E-state index in [1.807, 2.05) is 29.2 Å². The molecule has 178 valence electrons. The van der Waals surface area contributed by atoms with Crippen LogP contribution in [-0.4, -0.2) is 47.3 Å². The third kappa shape index (κ3) is 5.27. The normalized spacial score (nSPS) is 14.3. The number of hydrogen-bond acceptors (Lipinski definition) is 4. The number of aryl methyl sites for hydroxylation is 1. The summed E-state index contributed by atoms with van der Waals surface area (Å²) in [6.45, 7) is 3.77. The van der Waals surface area contributed by atoms with Gasteiger partial charge in [-0.1, -0.05) is 31.2 Å². The number of carbonyl (C=O) groups is 1. The molecule has 2 aromatic carbocycles. The topological polar surface area (TPSA) is 61.4 Å². The second kappa shape index (κ2) is 9.66. The first-order valence-corrected chi connectivity index (χ1v) is 10.9. The van der Waals surface area contributed by atoms with Crippen LogP contribution < -0.4 is 10.2 Å². The Hall–Kier alpha value is -3.69. The van der Waals surface area contributed by atoms with E-state index in [9.17, 15) is 22.4 Å². The van der Waals surface area contributed by atoms with Gasteiger partial charge in [0.25, 0.3) is 0 Å². The summed E-state index contributed by atoms with van der Waals surface area (Å²) in [7, 11) is 0. The highest BCUT2D eigenvalue weighted by Crippen LogP contribution is 2.33. The molecule has 0 atom stereocenters. The number of alkyl halides is 3. The van der Waals surface area contributed by atoms with E-state index in [1.165, 1.54) is 10.5 Å². The van der Waals surface area contributed by atoms with Crippen LogP contribution in [-0.2, 0) is 12.6 Å². The van der Waals surface area contributed by atoms with Gasteiger partial charge in [-0.25, -0.2) is 9.18 Å². The number of halogens is 4. The van der Waals surface area contributed by atoms with Crippen LogP contribution >= 0.6 is 0 Å². The van der Waals surface area contributed by atoms with Crippen molar-refractivity contribution in [1.82, 2.24) is 15.1 Å². The second-order valence-electron chi connectivity index (χ2n) is 7.92. The van der Waals surface area contributed by atoms with Crippen molar-refractivity contribution in [3.63, 3.8) is 0 Å². The van der Waals surface area contributed by atoms with E-state index in [0.29, 0.717) is 44.1 Å². The molecule has 0 radical (unpaired) electrons. The zero-order chi connectivity index (χ0) is 24.3. The van der Waals surface area contributed by atoms with Crippen LogP contribution in [0.5, 0.6) is 0 Å². The van der Waals surface area contributed by atoms with Gasteiger partial charge in [0.2, 0.25) is 0 Å². The van der Waals surface area contributed by atoms with Gasteiger partial charge >= 0.3 is 12.2 Å². The average Bonchev–Trinajstić information content (AvgIpc) is 2.85. The Balaban J connectivity index is 1.34. The zero-order valence-electron chi connectivity index (χ0n) is 18.4. The fraction of sp³-hybridized carbons (Fsp3) is 0.292. The first-order chi connectivity index (χ1) is 16.2. The number of anilines is 2. The molecule has 1 aliphatic rings. The van der Waals surface area contributed by atoms with Gasteiger partial charge in [0.05, 0.1) is 11.3 Å². The molecule has 2 amide bonds. The number of rotatable bonds is 4. The largest absolute Gasteiger partial charge is 0.419 e. The summed E-state index contributed by atoms with van der Waals surface area (Å²) in [5.41, 5.74) is 1.46. The fourth-order valence-corrected chi connectivity index (χ4v) is 3.72. The van der Waals surface area contributed by atoms with E-state index in [2.05, 4.69) is 34.6 Å². The molecule has 0 spiro atoms. The minimum atomic E-state index is -4.84. The van der Waals surface area contributed by atoms with Crippen molar-refractivity contribution in [3.05, 3.63) is 71.5 Å². The molecule has 2 heterocycles. The fourth-order valence-electron chi connectivity index (χ4n) is 3.72. The van der Waals surface area contributed by atoms with Crippen molar-refractivity contribution in [2.24, 2.45) is 0 Å². The Morgan fingerprint density at radius 1 is 0.971 bits per heavy atom. The number of benzene rings is 2. The Kier molecular flexibility index (Phi) is 6.67. The van der Waals surface area contributed by atoms with Gasteiger partial charge in [-0.15, -0.1) is 10.2 Å². The summed E-state index contributed by atoms with van der Waals surface area (Å²) in [6, 6.07) is 13.8. The molecule has 1 aliphatic heterocycles. The highest BCUT2D eigenvalue weighted by atomic mass is 19.4. The molecule has 1 aromatic heterocycles. The molecule has 1 fully saturated rings. The molecule has 0 aliphatic carbocycles. The molecule has 1 saturated heterocycles. The van der Waals surface area contributed by atoms with Crippen LogP contribution in [0.25, 0.3) is 11.3 Å². The molecule has 0 unspecified atom stereocenters. The number of urea groups is 1. The van der Waals surface area contributed by atoms with Crippen molar-refractivity contribution in [3.8, 4) is 11.3 Å². The van der Waals surface area contributed by atoms with Crippen molar-refractivity contribution in [2.75, 3.05) is 36.4 Å². The summed E-state index contributed by atoms with van der Waals surface area (Å²) in [5, 5.41) is 11.0. The number of hydrogen-bond donors (Lipinski definition) is 1. The number of carbonyl (C=O) groups excluding carboxylic acids is 1. The number of amides is 2. The van der Waals surface area contributed by atoms with E-state index < -0.39 is 23.6 Å². The zero-order valence-corrected chi connectivity index (χ0v) is 18.4. The molecular weight excluding hydrogens is 450 g/mol. The highest BCUT2D eigenvalue weighted by Gasteiger charge is 2.34. The number of nitrogens with one attached hydrogen (secondary N) is 1. The Morgan fingerprint density at radius 2 is 1.68 bits per heavy atom. The molecule has 34 heavy (non-hydrogen) atoms. The smallest absolute Gasteiger partial charge is 0.352 e. The maximum atomic E-state index is 13.5. The van der Waals surface area contributed by atoms with Crippen LogP contribution in [0.3, 0.4) is 0 Å². The van der Waals surface area contributed by atoms with Gasteiger partial charge in [0.15, 0.2) is 5.82 Å². The quantitative estimate of drug-likeness (QED) is 0.528. The van der Waals surface area contributed by atoms with E-state index in [4.69, 9.17) is 0 Å². The van der Waals surface area contributed by atoms with Crippen LogP contribution in [0.1, 0.15) is 18.1 Å². The summed E-state index contributed by atoms with van der Waals surface area (Å²) in [6.07, 6.45) is -3.88. The highest BCUT2D eigenvalue weighted by molar-refractivity contribution is 5.89. The molecule has 6 nitrogen and oxygen atoms in total. The Morgan fingerprint density at radius 3 is 2.26 bits per heavy atom. The minimum absolute atomic E-state index is 0.116. The molecule has 4 rings (SSSR count). The van der Waals surface area contributed by atoms with Gasteiger partial charge in [0.1, 0.15) is 5.82 Å². The Bertz CT molecular complexity index is 1140. The summed E-state index contributed by atoms with van der Waals surface area (Å²) >= 11 is 0. The first-order valence-electron chi connectivity index (χ1n) is 10.9. The van der Waals surface area contributed by atoms with E-state index in [-0.39, 0.29) is 5.69 Å². The maximum Gasteiger partial charge on any atom is 0.419 e. The average molecular weight is 473 g/mol. The Labute approximate surface area is 194 Å². The first kappa shape index (κ1) is 23.5. The lowest BCUT2D eigenvalue weighted by Crippen LogP contribution is -2.50. The van der Waals surface area contributed by atoms with Crippen molar-refractivity contribution < 1.29 is 22.4 Å². The lowest BCUT2D eigenvalue weighted by molar-refractivity contribution is -0.139. The molecule has 3 aromatic rings. The van der Waals surface area contributed by atoms with Crippen molar-refractivity contribution in [2.45, 2.75) is 19.5 Å². The second-order valence-corrected chi connectivity index (χ2v) is 7.92. The third-order valence-corrected chi connectivity index (χ3v) is 5.72. The molecule has 0 saturated carbocycles. The molecule has 1 N–H and O–H groups in total. The SMILES string of the molecule is CCc1ccc(-c2ccc(N3CCN(C(=O)Nc4ccc(F)c(C(F)(F)F)c4)CC3)nn2)cc1. The van der Waals surface area contributed by atoms with E-state index in [1.54, 1.807) is 0 Å².